The summed E-state index contributed by atoms with van der Waals surface area (Å²) in [6.07, 6.45) is 6.33. The van der Waals surface area contributed by atoms with E-state index in [1.807, 2.05) is 0 Å². The Balaban J connectivity index is 1.93. The molecule has 2 heterocycles. The predicted octanol–water partition coefficient (Wildman–Crippen LogP) is 2.59. The van der Waals surface area contributed by atoms with Crippen molar-refractivity contribution in [2.45, 2.75) is 37.5 Å². The molecular formula is C16H18N4O3. The number of esters is 1. The molecule has 0 saturated heterocycles. The van der Waals surface area contributed by atoms with Gasteiger partial charge in [-0.05, 0) is 18.9 Å². The SMILES string of the molecule is COC(=O)c1cc(-c2noc(C3(C#N)CCCCC3)n2)cn1C. The summed E-state index contributed by atoms with van der Waals surface area (Å²) in [6.45, 7) is 0. The van der Waals surface area contributed by atoms with Crippen molar-refractivity contribution in [3.63, 3.8) is 0 Å². The quantitative estimate of drug-likeness (QED) is 0.808. The van der Waals surface area contributed by atoms with Crippen LogP contribution in [0.15, 0.2) is 16.8 Å². The second kappa shape index (κ2) is 5.88. The highest BCUT2D eigenvalue weighted by Crippen LogP contribution is 2.38. The summed E-state index contributed by atoms with van der Waals surface area (Å²) in [7, 11) is 3.08. The van der Waals surface area contributed by atoms with Gasteiger partial charge in [0.25, 0.3) is 0 Å². The first-order chi connectivity index (χ1) is 11.1. The molecule has 120 valence electrons. The molecule has 0 N–H and O–H groups in total. The summed E-state index contributed by atoms with van der Waals surface area (Å²) in [6, 6.07) is 4.02. The maximum atomic E-state index is 11.7. The average Bonchev–Trinajstić information content (AvgIpc) is 3.22. The van der Waals surface area contributed by atoms with E-state index in [0.717, 1.165) is 32.1 Å². The maximum absolute atomic E-state index is 11.7. The molecule has 0 amide bonds. The van der Waals surface area contributed by atoms with Crippen LogP contribution < -0.4 is 0 Å². The summed E-state index contributed by atoms with van der Waals surface area (Å²) in [5, 5.41) is 13.6. The Bertz CT molecular complexity index is 763. The molecule has 1 aliphatic rings. The summed E-state index contributed by atoms with van der Waals surface area (Å²) >= 11 is 0. The number of carbonyl (C=O) groups excluding carboxylic acids is 1. The van der Waals surface area contributed by atoms with E-state index in [-0.39, 0.29) is 0 Å². The number of methoxy groups -OCH3 is 1. The number of rotatable bonds is 3. The van der Waals surface area contributed by atoms with Gasteiger partial charge in [0.15, 0.2) is 0 Å². The third kappa shape index (κ3) is 2.61. The average molecular weight is 314 g/mol. The summed E-state index contributed by atoms with van der Waals surface area (Å²) in [4.78, 5) is 16.1. The van der Waals surface area contributed by atoms with Gasteiger partial charge in [0.05, 0.1) is 13.2 Å². The second-order valence-corrected chi connectivity index (χ2v) is 5.89. The molecule has 0 radical (unpaired) electrons. The Morgan fingerprint density at radius 1 is 1.43 bits per heavy atom. The lowest BCUT2D eigenvalue weighted by atomic mass is 9.75. The van der Waals surface area contributed by atoms with Crippen molar-refractivity contribution in [3.8, 4) is 17.5 Å². The number of hydrogen-bond acceptors (Lipinski definition) is 6. The van der Waals surface area contributed by atoms with Gasteiger partial charge in [-0.2, -0.15) is 10.2 Å². The fourth-order valence-electron chi connectivity index (χ4n) is 3.06. The number of aryl methyl sites for hydroxylation is 1. The zero-order valence-corrected chi connectivity index (χ0v) is 13.2. The molecule has 1 fully saturated rings. The minimum Gasteiger partial charge on any atom is -0.464 e. The number of aromatic nitrogens is 3. The lowest BCUT2D eigenvalue weighted by molar-refractivity contribution is 0.0590. The van der Waals surface area contributed by atoms with Gasteiger partial charge in [0.2, 0.25) is 11.7 Å². The number of hydrogen-bond donors (Lipinski definition) is 0. The number of nitriles is 1. The van der Waals surface area contributed by atoms with Crippen LogP contribution in [0, 0.1) is 11.3 Å². The molecule has 0 spiro atoms. The Kier molecular flexibility index (Phi) is 3.90. The van der Waals surface area contributed by atoms with Crippen molar-refractivity contribution >= 4 is 5.97 Å². The van der Waals surface area contributed by atoms with Crippen LogP contribution in [0.3, 0.4) is 0 Å². The van der Waals surface area contributed by atoms with E-state index in [2.05, 4.69) is 16.2 Å². The molecule has 0 atom stereocenters. The number of ether oxygens (including phenoxy) is 1. The topological polar surface area (TPSA) is 93.9 Å². The molecule has 2 aromatic heterocycles. The van der Waals surface area contributed by atoms with Gasteiger partial charge in [-0.15, -0.1) is 0 Å². The first-order valence-corrected chi connectivity index (χ1v) is 7.60. The zero-order chi connectivity index (χ0) is 16.4. The minimum atomic E-state index is -0.677. The summed E-state index contributed by atoms with van der Waals surface area (Å²) in [5.74, 6) is 0.326. The Labute approximate surface area is 133 Å². The van der Waals surface area contributed by atoms with E-state index in [9.17, 15) is 10.1 Å². The van der Waals surface area contributed by atoms with Gasteiger partial charge in [-0.25, -0.2) is 4.79 Å². The third-order valence-electron chi connectivity index (χ3n) is 4.41. The van der Waals surface area contributed by atoms with Crippen molar-refractivity contribution in [2.75, 3.05) is 7.11 Å². The molecule has 0 unspecified atom stereocenters. The Morgan fingerprint density at radius 3 is 2.83 bits per heavy atom. The van der Waals surface area contributed by atoms with Gasteiger partial charge in [0, 0.05) is 18.8 Å². The molecule has 7 nitrogen and oxygen atoms in total. The molecular weight excluding hydrogens is 296 g/mol. The van der Waals surface area contributed by atoms with E-state index < -0.39 is 11.4 Å². The molecule has 0 aromatic carbocycles. The maximum Gasteiger partial charge on any atom is 0.354 e. The lowest BCUT2D eigenvalue weighted by Crippen LogP contribution is -2.27. The van der Waals surface area contributed by atoms with Crippen molar-refractivity contribution < 1.29 is 14.1 Å². The molecule has 3 rings (SSSR count). The number of carbonyl (C=O) groups is 1. The van der Waals surface area contributed by atoms with Crippen LogP contribution in [0.5, 0.6) is 0 Å². The summed E-state index contributed by atoms with van der Waals surface area (Å²) < 4.78 is 11.8. The van der Waals surface area contributed by atoms with Crippen LogP contribution in [0.2, 0.25) is 0 Å². The van der Waals surface area contributed by atoms with Gasteiger partial charge in [0.1, 0.15) is 11.1 Å². The molecule has 1 saturated carbocycles. The molecule has 0 bridgehead atoms. The zero-order valence-electron chi connectivity index (χ0n) is 13.2. The van der Waals surface area contributed by atoms with Crippen molar-refractivity contribution in [2.24, 2.45) is 7.05 Å². The highest BCUT2D eigenvalue weighted by Gasteiger charge is 2.39. The van der Waals surface area contributed by atoms with E-state index in [4.69, 9.17) is 9.26 Å². The standard InChI is InChI=1S/C16H18N4O3/c1-20-9-11(8-12(20)14(21)22-2)13-18-15(23-19-13)16(10-17)6-4-3-5-7-16/h8-9H,3-7H2,1-2H3. The highest BCUT2D eigenvalue weighted by molar-refractivity contribution is 5.89. The third-order valence-corrected chi connectivity index (χ3v) is 4.41. The van der Waals surface area contributed by atoms with Crippen LogP contribution in [-0.4, -0.2) is 27.8 Å². The van der Waals surface area contributed by atoms with E-state index >= 15 is 0 Å². The summed E-state index contributed by atoms with van der Waals surface area (Å²) in [5.41, 5.74) is 0.386. The lowest BCUT2D eigenvalue weighted by Gasteiger charge is -2.26. The van der Waals surface area contributed by atoms with Gasteiger partial charge >= 0.3 is 5.97 Å². The van der Waals surface area contributed by atoms with E-state index in [0.29, 0.717) is 23.0 Å². The second-order valence-electron chi connectivity index (χ2n) is 5.89. The van der Waals surface area contributed by atoms with E-state index in [1.165, 1.54) is 7.11 Å². The predicted molar refractivity (Wildman–Crippen MR) is 80.4 cm³/mol. The normalized spacial score (nSPS) is 16.7. The largest absolute Gasteiger partial charge is 0.464 e. The van der Waals surface area contributed by atoms with Gasteiger partial charge in [-0.3, -0.25) is 0 Å². The van der Waals surface area contributed by atoms with Crippen LogP contribution >= 0.6 is 0 Å². The van der Waals surface area contributed by atoms with Crippen molar-refractivity contribution in [1.29, 1.82) is 5.26 Å². The van der Waals surface area contributed by atoms with Crippen LogP contribution in [0.1, 0.15) is 48.5 Å². The highest BCUT2D eigenvalue weighted by atomic mass is 16.5. The van der Waals surface area contributed by atoms with Crippen molar-refractivity contribution in [3.05, 3.63) is 23.8 Å². The molecule has 2 aromatic rings. The van der Waals surface area contributed by atoms with Gasteiger partial charge < -0.3 is 13.8 Å². The van der Waals surface area contributed by atoms with Gasteiger partial charge in [-0.1, -0.05) is 24.4 Å². The first kappa shape index (κ1) is 15.3. The molecule has 23 heavy (non-hydrogen) atoms. The molecule has 0 aliphatic heterocycles. The number of nitrogens with zero attached hydrogens (tertiary/aromatic N) is 4. The fourth-order valence-corrected chi connectivity index (χ4v) is 3.06. The smallest absolute Gasteiger partial charge is 0.354 e. The van der Waals surface area contributed by atoms with Crippen LogP contribution in [0.4, 0.5) is 0 Å². The molecule has 7 heteroatoms. The van der Waals surface area contributed by atoms with Crippen LogP contribution in [-0.2, 0) is 17.2 Å². The Hall–Kier alpha value is -2.62. The minimum absolute atomic E-state index is 0.373. The van der Waals surface area contributed by atoms with Crippen LogP contribution in [0.25, 0.3) is 11.4 Å². The monoisotopic (exact) mass is 314 g/mol. The van der Waals surface area contributed by atoms with E-state index in [1.54, 1.807) is 23.9 Å². The first-order valence-electron chi connectivity index (χ1n) is 7.60. The fraction of sp³-hybridized carbons (Fsp3) is 0.500. The van der Waals surface area contributed by atoms with Crippen molar-refractivity contribution in [1.82, 2.24) is 14.7 Å². The molecule has 1 aliphatic carbocycles. The Morgan fingerprint density at radius 2 is 2.17 bits per heavy atom.